The van der Waals surface area contributed by atoms with Crippen molar-refractivity contribution in [2.45, 2.75) is 44.8 Å². The number of allylic oxidation sites excluding steroid dienone is 1. The molecule has 1 aliphatic carbocycles. The summed E-state index contributed by atoms with van der Waals surface area (Å²) in [5, 5.41) is 4.22. The molecule has 0 bridgehead atoms. The molecular weight excluding hydrogens is 404 g/mol. The summed E-state index contributed by atoms with van der Waals surface area (Å²) in [6, 6.07) is 8.28. The van der Waals surface area contributed by atoms with E-state index in [0.717, 1.165) is 82.9 Å². The molecule has 0 radical (unpaired) electrons. The second kappa shape index (κ2) is 10.1. The molecule has 3 aliphatic rings. The molecule has 30 heavy (non-hydrogen) atoms. The van der Waals surface area contributed by atoms with Crippen molar-refractivity contribution in [1.82, 2.24) is 15.1 Å². The van der Waals surface area contributed by atoms with Gasteiger partial charge in [-0.05, 0) is 60.8 Å². The van der Waals surface area contributed by atoms with E-state index in [-0.39, 0.29) is 11.8 Å². The van der Waals surface area contributed by atoms with E-state index in [1.165, 1.54) is 11.1 Å². The van der Waals surface area contributed by atoms with E-state index < -0.39 is 13.0 Å². The quantitative estimate of drug-likeness (QED) is 0.637. The number of nitrogens with one attached hydrogen (secondary N) is 1. The molecule has 1 unspecified atom stereocenters. The number of hydrogen-bond acceptors (Lipinski definition) is 3. The lowest BCUT2D eigenvalue weighted by Crippen LogP contribution is -2.47. The van der Waals surface area contributed by atoms with Crippen molar-refractivity contribution >= 4 is 17.2 Å². The van der Waals surface area contributed by atoms with E-state index in [4.69, 9.17) is 11.6 Å². The Morgan fingerprint density at radius 2 is 1.73 bits per heavy atom. The Bertz CT molecular complexity index is 722. The van der Waals surface area contributed by atoms with E-state index in [1.54, 1.807) is 5.57 Å². The lowest BCUT2D eigenvalue weighted by Gasteiger charge is -2.47. The Morgan fingerprint density at radius 1 is 1.03 bits per heavy atom. The van der Waals surface area contributed by atoms with Crippen LogP contribution in [0.15, 0.2) is 29.8 Å². The largest absolute Gasteiger partial charge is 0.314 e. The Morgan fingerprint density at radius 3 is 2.40 bits per heavy atom. The fraction of sp³-hybridized carbons (Fsp3) is 0.667. The predicted octanol–water partition coefficient (Wildman–Crippen LogP) is 4.92. The number of piperidine rings is 1. The first kappa shape index (κ1) is 22.2. The molecule has 166 valence electrons. The molecule has 0 amide bonds. The summed E-state index contributed by atoms with van der Waals surface area (Å²) in [5.41, 5.74) is 4.60. The van der Waals surface area contributed by atoms with Gasteiger partial charge in [0.05, 0.1) is 6.67 Å². The Kier molecular flexibility index (Phi) is 7.45. The molecule has 1 spiro atoms. The van der Waals surface area contributed by atoms with E-state index in [0.29, 0.717) is 0 Å². The third kappa shape index (κ3) is 5.24. The monoisotopic (exact) mass is 437 g/mol. The lowest BCUT2D eigenvalue weighted by molar-refractivity contribution is 0.00512. The first-order valence-corrected chi connectivity index (χ1v) is 11.8. The van der Waals surface area contributed by atoms with Crippen LogP contribution in [0, 0.1) is 5.41 Å². The maximum absolute atomic E-state index is 14.2. The van der Waals surface area contributed by atoms with Gasteiger partial charge in [-0.1, -0.05) is 29.3 Å². The smallest absolute Gasteiger partial charge is 0.156 e. The highest BCUT2D eigenvalue weighted by Crippen LogP contribution is 2.49. The second-order valence-electron chi connectivity index (χ2n) is 9.24. The van der Waals surface area contributed by atoms with E-state index in [2.05, 4.69) is 22.3 Å². The zero-order valence-electron chi connectivity index (χ0n) is 17.8. The maximum atomic E-state index is 14.2. The highest BCUT2D eigenvalue weighted by atomic mass is 35.5. The average molecular weight is 438 g/mol. The minimum Gasteiger partial charge on any atom is -0.314 e. The van der Waals surface area contributed by atoms with Crippen molar-refractivity contribution in [1.29, 1.82) is 0 Å². The second-order valence-corrected chi connectivity index (χ2v) is 9.68. The van der Waals surface area contributed by atoms with Crippen molar-refractivity contribution in [2.75, 3.05) is 52.5 Å². The number of benzene rings is 1. The van der Waals surface area contributed by atoms with Gasteiger partial charge in [-0.2, -0.15) is 0 Å². The zero-order chi connectivity index (χ0) is 21.0. The molecule has 0 aromatic heterocycles. The average Bonchev–Trinajstić information content (AvgIpc) is 2.76. The van der Waals surface area contributed by atoms with Crippen molar-refractivity contribution in [3.05, 3.63) is 40.4 Å². The standard InChI is InChI=1S/C24H34ClF2N3/c25-21-3-1-19(2-4-21)22-5-7-24(8-13-30(14-9-24)23(27)6-10-26)17-20(22)18-29-15-11-28-12-16-29/h1-4,23,28H,5-18H2. The van der Waals surface area contributed by atoms with Crippen LogP contribution in [0.4, 0.5) is 8.78 Å². The molecule has 6 heteroatoms. The number of likely N-dealkylation sites (tertiary alicyclic amines) is 1. The minimum absolute atomic E-state index is 0.00185. The van der Waals surface area contributed by atoms with E-state index >= 15 is 0 Å². The van der Waals surface area contributed by atoms with Crippen LogP contribution < -0.4 is 5.32 Å². The van der Waals surface area contributed by atoms with Crippen molar-refractivity contribution < 1.29 is 8.78 Å². The normalized spacial score (nSPS) is 24.4. The van der Waals surface area contributed by atoms with Gasteiger partial charge in [-0.15, -0.1) is 0 Å². The molecule has 4 rings (SSSR count). The highest BCUT2D eigenvalue weighted by molar-refractivity contribution is 6.30. The number of hydrogen-bond donors (Lipinski definition) is 1. The Hall–Kier alpha value is -1.01. The molecule has 0 saturated carbocycles. The molecule has 2 heterocycles. The minimum atomic E-state index is -1.13. The van der Waals surface area contributed by atoms with Crippen LogP contribution in [0.1, 0.15) is 44.1 Å². The predicted molar refractivity (Wildman–Crippen MR) is 120 cm³/mol. The van der Waals surface area contributed by atoms with Gasteiger partial charge in [-0.3, -0.25) is 14.2 Å². The molecule has 1 atom stereocenters. The summed E-state index contributed by atoms with van der Waals surface area (Å²) < 4.78 is 26.8. The molecule has 1 aromatic rings. The summed E-state index contributed by atoms with van der Waals surface area (Å²) in [4.78, 5) is 4.41. The van der Waals surface area contributed by atoms with Gasteiger partial charge >= 0.3 is 0 Å². The zero-order valence-corrected chi connectivity index (χ0v) is 18.6. The number of piperazine rings is 1. The molecular formula is C24H34ClF2N3. The fourth-order valence-electron chi connectivity index (χ4n) is 5.48. The van der Waals surface area contributed by atoms with Gasteiger partial charge in [0.1, 0.15) is 0 Å². The maximum Gasteiger partial charge on any atom is 0.156 e. The molecule has 2 fully saturated rings. The topological polar surface area (TPSA) is 18.5 Å². The molecule has 2 saturated heterocycles. The number of alkyl halides is 2. The molecule has 3 nitrogen and oxygen atoms in total. The van der Waals surface area contributed by atoms with Crippen LogP contribution in [0.2, 0.25) is 5.02 Å². The van der Waals surface area contributed by atoms with Crippen molar-refractivity contribution in [2.24, 2.45) is 5.41 Å². The third-order valence-electron chi connectivity index (χ3n) is 7.34. The van der Waals surface area contributed by atoms with Crippen LogP contribution >= 0.6 is 11.6 Å². The van der Waals surface area contributed by atoms with Gasteiger partial charge in [0, 0.05) is 57.3 Å². The summed E-state index contributed by atoms with van der Waals surface area (Å²) in [5.74, 6) is 0. The van der Waals surface area contributed by atoms with Gasteiger partial charge < -0.3 is 5.32 Å². The van der Waals surface area contributed by atoms with Crippen LogP contribution in [-0.2, 0) is 0 Å². The van der Waals surface area contributed by atoms with E-state index in [1.807, 2.05) is 17.0 Å². The van der Waals surface area contributed by atoms with Crippen LogP contribution in [-0.4, -0.2) is 68.6 Å². The summed E-state index contributed by atoms with van der Waals surface area (Å²) >= 11 is 6.13. The number of rotatable bonds is 6. The number of halogens is 3. The van der Waals surface area contributed by atoms with Crippen molar-refractivity contribution in [3.63, 3.8) is 0 Å². The van der Waals surface area contributed by atoms with Crippen LogP contribution in [0.3, 0.4) is 0 Å². The lowest BCUT2D eigenvalue weighted by atomic mass is 9.65. The van der Waals surface area contributed by atoms with E-state index in [9.17, 15) is 8.78 Å². The third-order valence-corrected chi connectivity index (χ3v) is 7.59. The molecule has 1 aromatic carbocycles. The van der Waals surface area contributed by atoms with Gasteiger partial charge in [0.25, 0.3) is 0 Å². The Labute approximate surface area is 184 Å². The fourth-order valence-corrected chi connectivity index (χ4v) is 5.61. The first-order valence-electron chi connectivity index (χ1n) is 11.4. The van der Waals surface area contributed by atoms with Crippen molar-refractivity contribution in [3.8, 4) is 0 Å². The van der Waals surface area contributed by atoms with Gasteiger partial charge in [0.15, 0.2) is 6.30 Å². The Balaban J connectivity index is 1.51. The first-order chi connectivity index (χ1) is 14.6. The number of nitrogens with zero attached hydrogens (tertiary/aromatic N) is 2. The SMILES string of the molecule is FCCC(F)N1CCC2(CCC(c3ccc(Cl)cc3)=C(CN3CCNCC3)C2)CC1. The van der Waals surface area contributed by atoms with Crippen LogP contribution in [0.25, 0.3) is 5.57 Å². The van der Waals surface area contributed by atoms with Gasteiger partial charge in [0.2, 0.25) is 0 Å². The van der Waals surface area contributed by atoms with Crippen LogP contribution in [0.5, 0.6) is 0 Å². The summed E-state index contributed by atoms with van der Waals surface area (Å²) in [6.45, 7) is 6.22. The highest BCUT2D eigenvalue weighted by Gasteiger charge is 2.40. The van der Waals surface area contributed by atoms with Gasteiger partial charge in [-0.25, -0.2) is 4.39 Å². The molecule has 2 aliphatic heterocycles. The summed E-state index contributed by atoms with van der Waals surface area (Å²) in [6.07, 6.45) is 4.23. The molecule has 1 N–H and O–H groups in total. The summed E-state index contributed by atoms with van der Waals surface area (Å²) in [7, 11) is 0.